The van der Waals surface area contributed by atoms with E-state index in [0.29, 0.717) is 11.5 Å². The molecular weight excluding hydrogens is 370 g/mol. The highest BCUT2D eigenvalue weighted by molar-refractivity contribution is 9.10. The minimum Gasteiger partial charge on any atom is -0.326 e. The van der Waals surface area contributed by atoms with Crippen LogP contribution in [-0.4, -0.2) is 19.8 Å². The molecule has 2 aromatic carbocycles. The normalized spacial score (nSPS) is 10.7. The van der Waals surface area contributed by atoms with Crippen LogP contribution < -0.4 is 5.32 Å². The van der Waals surface area contributed by atoms with Crippen LogP contribution in [0.15, 0.2) is 40.9 Å². The maximum atomic E-state index is 11.0. The Hall–Kier alpha value is -3.01. The first kappa shape index (κ1) is 14.9. The average molecular weight is 378 g/mol. The number of fused-ring (bicyclic) bond motifs is 1. The molecule has 0 radical (unpaired) electrons. The first-order valence-electron chi connectivity index (χ1n) is 6.29. The molecule has 1 heterocycles. The molecule has 2 N–H and O–H groups in total. The maximum absolute atomic E-state index is 11.0. The molecule has 0 atom stereocenters. The van der Waals surface area contributed by atoms with E-state index < -0.39 is 21.2 Å². The molecule has 0 aliphatic carbocycles. The topological polar surface area (TPSA) is 127 Å². The van der Waals surface area contributed by atoms with E-state index in [1.165, 1.54) is 0 Å². The summed E-state index contributed by atoms with van der Waals surface area (Å²) in [6, 6.07) is 9.49. The van der Waals surface area contributed by atoms with Gasteiger partial charge in [0, 0.05) is 16.2 Å². The lowest BCUT2D eigenvalue weighted by Gasteiger charge is -2.02. The molecule has 0 spiro atoms. The Bertz CT molecular complexity index is 888. The summed E-state index contributed by atoms with van der Waals surface area (Å²) in [5, 5.41) is 24.9. The van der Waals surface area contributed by atoms with Gasteiger partial charge in [-0.25, -0.2) is 4.98 Å². The van der Waals surface area contributed by atoms with Gasteiger partial charge >= 0.3 is 11.4 Å². The van der Waals surface area contributed by atoms with Crippen molar-refractivity contribution in [3.63, 3.8) is 0 Å². The summed E-state index contributed by atoms with van der Waals surface area (Å²) >= 11 is 3.34. The molecule has 1 aromatic heterocycles. The van der Waals surface area contributed by atoms with Crippen molar-refractivity contribution < 1.29 is 9.85 Å². The zero-order valence-corrected chi connectivity index (χ0v) is 12.9. The van der Waals surface area contributed by atoms with E-state index in [9.17, 15) is 20.2 Å². The lowest BCUT2D eigenvalue weighted by Crippen LogP contribution is -1.96. The molecule has 0 fully saturated rings. The number of nitro benzene ring substituents is 2. The van der Waals surface area contributed by atoms with Gasteiger partial charge in [-0.15, -0.1) is 0 Å². The number of imidazole rings is 1. The fourth-order valence-electron chi connectivity index (χ4n) is 2.09. The van der Waals surface area contributed by atoms with E-state index >= 15 is 0 Å². The van der Waals surface area contributed by atoms with Crippen molar-refractivity contribution in [3.8, 4) is 0 Å². The van der Waals surface area contributed by atoms with E-state index in [1.807, 2.05) is 24.3 Å². The second kappa shape index (κ2) is 5.65. The zero-order valence-electron chi connectivity index (χ0n) is 11.3. The standard InChI is InChI=1S/C13H8BrN5O4/c14-7-2-1-3-8(4-7)15-13-16-9-5-11(18(20)21)12(19(22)23)6-10(9)17-13/h1-6H,(H2,15,16,17). The molecule has 23 heavy (non-hydrogen) atoms. The largest absolute Gasteiger partial charge is 0.348 e. The number of aromatic nitrogens is 2. The third-order valence-corrected chi connectivity index (χ3v) is 3.55. The summed E-state index contributed by atoms with van der Waals surface area (Å²) in [7, 11) is 0. The number of hydrogen-bond acceptors (Lipinski definition) is 6. The van der Waals surface area contributed by atoms with E-state index in [-0.39, 0.29) is 5.52 Å². The van der Waals surface area contributed by atoms with Crippen molar-refractivity contribution in [1.82, 2.24) is 9.97 Å². The number of benzene rings is 2. The average Bonchev–Trinajstić information content (AvgIpc) is 2.86. The van der Waals surface area contributed by atoms with E-state index in [4.69, 9.17) is 0 Å². The van der Waals surface area contributed by atoms with Crippen LogP contribution in [-0.2, 0) is 0 Å². The number of hydrogen-bond donors (Lipinski definition) is 2. The van der Waals surface area contributed by atoms with Gasteiger partial charge in [-0.3, -0.25) is 20.2 Å². The third kappa shape index (κ3) is 2.97. The first-order chi connectivity index (χ1) is 10.9. The van der Waals surface area contributed by atoms with Crippen LogP contribution in [0.5, 0.6) is 0 Å². The molecule has 0 saturated carbocycles. The molecule has 0 unspecified atom stereocenters. The van der Waals surface area contributed by atoms with Crippen molar-refractivity contribution in [2.24, 2.45) is 0 Å². The van der Waals surface area contributed by atoms with E-state index in [2.05, 4.69) is 31.2 Å². The summed E-state index contributed by atoms with van der Waals surface area (Å²) in [5.74, 6) is 0.327. The van der Waals surface area contributed by atoms with Crippen molar-refractivity contribution in [2.45, 2.75) is 0 Å². The Morgan fingerprint density at radius 3 is 2.43 bits per heavy atom. The van der Waals surface area contributed by atoms with Crippen molar-refractivity contribution >= 4 is 50.0 Å². The number of aromatic amines is 1. The number of nitro groups is 2. The number of halogens is 1. The second-order valence-corrected chi connectivity index (χ2v) is 5.51. The predicted molar refractivity (Wildman–Crippen MR) is 86.8 cm³/mol. The molecule has 3 rings (SSSR count). The van der Waals surface area contributed by atoms with Crippen molar-refractivity contribution in [2.75, 3.05) is 5.32 Å². The van der Waals surface area contributed by atoms with Crippen LogP contribution in [0.3, 0.4) is 0 Å². The van der Waals surface area contributed by atoms with Crippen LogP contribution in [0, 0.1) is 20.2 Å². The second-order valence-electron chi connectivity index (χ2n) is 4.59. The summed E-state index contributed by atoms with van der Waals surface area (Å²) in [4.78, 5) is 27.3. The van der Waals surface area contributed by atoms with E-state index in [0.717, 1.165) is 22.3 Å². The predicted octanol–water partition coefficient (Wildman–Crippen LogP) is 3.89. The highest BCUT2D eigenvalue weighted by atomic mass is 79.9. The summed E-state index contributed by atoms with van der Waals surface area (Å²) in [5.41, 5.74) is 0.158. The van der Waals surface area contributed by atoms with Gasteiger partial charge < -0.3 is 10.3 Å². The van der Waals surface area contributed by atoms with E-state index in [1.54, 1.807) is 0 Å². The molecule has 0 amide bonds. The molecule has 116 valence electrons. The number of nitrogens with zero attached hydrogens (tertiary/aromatic N) is 3. The summed E-state index contributed by atoms with van der Waals surface area (Å²) in [6.07, 6.45) is 0. The van der Waals surface area contributed by atoms with Gasteiger partial charge in [0.2, 0.25) is 5.95 Å². The zero-order chi connectivity index (χ0) is 16.6. The molecule has 0 saturated heterocycles. The number of rotatable bonds is 4. The quantitative estimate of drug-likeness (QED) is 0.524. The Morgan fingerprint density at radius 1 is 1.09 bits per heavy atom. The molecule has 3 aromatic rings. The van der Waals surface area contributed by atoms with Crippen molar-refractivity contribution in [3.05, 3.63) is 61.1 Å². The Labute approximate surface area is 136 Å². The van der Waals surface area contributed by atoms with Gasteiger partial charge in [-0.1, -0.05) is 22.0 Å². The molecule has 0 aliphatic heterocycles. The molecule has 0 bridgehead atoms. The molecule has 10 heteroatoms. The monoisotopic (exact) mass is 377 g/mol. The summed E-state index contributed by atoms with van der Waals surface area (Å²) < 4.78 is 0.866. The number of anilines is 2. The van der Waals surface area contributed by atoms with Gasteiger partial charge in [0.1, 0.15) is 0 Å². The lowest BCUT2D eigenvalue weighted by atomic mass is 10.2. The highest BCUT2D eigenvalue weighted by Gasteiger charge is 2.26. The minimum absolute atomic E-state index is 0.264. The fraction of sp³-hybridized carbons (Fsp3) is 0. The van der Waals surface area contributed by atoms with Gasteiger partial charge in [0.25, 0.3) is 0 Å². The van der Waals surface area contributed by atoms with Crippen LogP contribution in [0.25, 0.3) is 11.0 Å². The fourth-order valence-corrected chi connectivity index (χ4v) is 2.49. The van der Waals surface area contributed by atoms with Gasteiger partial charge in [0.15, 0.2) is 0 Å². The van der Waals surface area contributed by atoms with Gasteiger partial charge in [-0.05, 0) is 18.2 Å². The Balaban J connectivity index is 2.05. The Morgan fingerprint density at radius 2 is 1.78 bits per heavy atom. The van der Waals surface area contributed by atoms with Gasteiger partial charge in [0.05, 0.1) is 26.9 Å². The van der Waals surface area contributed by atoms with Gasteiger partial charge in [-0.2, -0.15) is 0 Å². The smallest absolute Gasteiger partial charge is 0.326 e. The Kier molecular flexibility index (Phi) is 3.66. The molecular formula is C13H8BrN5O4. The van der Waals surface area contributed by atoms with Crippen molar-refractivity contribution in [1.29, 1.82) is 0 Å². The maximum Gasteiger partial charge on any atom is 0.348 e. The van der Waals surface area contributed by atoms with Crippen LogP contribution in [0.2, 0.25) is 0 Å². The van der Waals surface area contributed by atoms with Crippen LogP contribution >= 0.6 is 15.9 Å². The minimum atomic E-state index is -0.798. The van der Waals surface area contributed by atoms with Crippen LogP contribution in [0.4, 0.5) is 23.0 Å². The summed E-state index contributed by atoms with van der Waals surface area (Å²) in [6.45, 7) is 0. The number of nitrogens with one attached hydrogen (secondary N) is 2. The van der Waals surface area contributed by atoms with Crippen LogP contribution in [0.1, 0.15) is 0 Å². The first-order valence-corrected chi connectivity index (χ1v) is 7.08. The number of H-pyrrole nitrogens is 1. The molecule has 0 aliphatic rings. The SMILES string of the molecule is O=[N+]([O-])c1cc2nc(Nc3cccc(Br)c3)[nH]c2cc1[N+](=O)[O-]. The lowest BCUT2D eigenvalue weighted by molar-refractivity contribution is -0.422. The molecule has 9 nitrogen and oxygen atoms in total. The third-order valence-electron chi connectivity index (χ3n) is 3.06. The highest BCUT2D eigenvalue weighted by Crippen LogP contribution is 2.32.